The highest BCUT2D eigenvalue weighted by Crippen LogP contribution is 2.31. The van der Waals surface area contributed by atoms with Gasteiger partial charge in [-0.15, -0.1) is 0 Å². The molecule has 70 valence electrons. The molecule has 1 fully saturated rings. The molecule has 0 saturated heterocycles. The van der Waals surface area contributed by atoms with Crippen LogP contribution in [0.1, 0.15) is 6.42 Å². The molecule has 2 nitrogen and oxygen atoms in total. The first kappa shape index (κ1) is 9.96. The van der Waals surface area contributed by atoms with E-state index in [4.69, 9.17) is 0 Å². The normalized spacial score (nSPS) is 32.3. The number of aliphatic hydroxyl groups is 2. The monoisotopic (exact) mass is 178 g/mol. The fourth-order valence-electron chi connectivity index (χ4n) is 1.37. The first-order chi connectivity index (χ1) is 6.07. The molecule has 2 heteroatoms. The molecule has 0 amide bonds. The molecule has 1 saturated carbocycles. The van der Waals surface area contributed by atoms with E-state index < -0.39 is 12.2 Å². The zero-order valence-corrected chi connectivity index (χ0v) is 7.53. The molecule has 0 aliphatic heterocycles. The van der Waals surface area contributed by atoms with E-state index in [1.54, 1.807) is 12.2 Å². The first-order valence-corrected chi connectivity index (χ1v) is 4.13. The van der Waals surface area contributed by atoms with Crippen LogP contribution in [-0.2, 0) is 0 Å². The molecule has 0 aromatic heterocycles. The number of rotatable bonds is 1. The third kappa shape index (κ3) is 1.79. The van der Waals surface area contributed by atoms with Crippen LogP contribution in [0.3, 0.4) is 0 Å². The first-order valence-electron chi connectivity index (χ1n) is 4.13. The van der Waals surface area contributed by atoms with Crippen molar-refractivity contribution in [2.24, 2.45) is 0 Å². The van der Waals surface area contributed by atoms with Gasteiger partial charge in [0.1, 0.15) is 6.10 Å². The summed E-state index contributed by atoms with van der Waals surface area (Å²) in [6.45, 7) is 10.9. The fraction of sp³-hybridized carbons (Fsp3) is 0.273. The summed E-state index contributed by atoms with van der Waals surface area (Å²) in [6.07, 6.45) is 2.33. The minimum Gasteiger partial charge on any atom is -0.388 e. The molecule has 0 bridgehead atoms. The van der Waals surface area contributed by atoms with Crippen LogP contribution < -0.4 is 0 Å². The summed E-state index contributed by atoms with van der Waals surface area (Å²) < 4.78 is 0. The van der Waals surface area contributed by atoms with Gasteiger partial charge in [0.25, 0.3) is 0 Å². The van der Waals surface area contributed by atoms with Gasteiger partial charge in [-0.1, -0.05) is 31.9 Å². The number of allylic oxidation sites excluding steroid dienone is 2. The van der Waals surface area contributed by atoms with Gasteiger partial charge in [-0.05, 0) is 16.7 Å². The van der Waals surface area contributed by atoms with Crippen LogP contribution in [0.4, 0.5) is 0 Å². The van der Waals surface area contributed by atoms with Crippen LogP contribution in [0.2, 0.25) is 0 Å². The predicted octanol–water partition coefficient (Wildman–Crippen LogP) is 1.34. The SMILES string of the molecule is C=C/C=C1/C[C@@H](O)C(=C)[C@H](O)C1=C. The van der Waals surface area contributed by atoms with Crippen molar-refractivity contribution in [3.8, 4) is 0 Å². The van der Waals surface area contributed by atoms with E-state index in [0.717, 1.165) is 5.57 Å². The van der Waals surface area contributed by atoms with Gasteiger partial charge in [0.15, 0.2) is 0 Å². The van der Waals surface area contributed by atoms with Gasteiger partial charge >= 0.3 is 0 Å². The minimum absolute atomic E-state index is 0.422. The highest BCUT2D eigenvalue weighted by atomic mass is 16.3. The molecule has 13 heavy (non-hydrogen) atoms. The fourth-order valence-corrected chi connectivity index (χ4v) is 1.37. The third-order valence-electron chi connectivity index (χ3n) is 2.25. The molecule has 2 atom stereocenters. The van der Waals surface area contributed by atoms with Gasteiger partial charge < -0.3 is 10.2 Å². The molecular weight excluding hydrogens is 164 g/mol. The average molecular weight is 178 g/mol. The van der Waals surface area contributed by atoms with E-state index in [1.807, 2.05) is 0 Å². The maximum atomic E-state index is 9.58. The van der Waals surface area contributed by atoms with Gasteiger partial charge in [0.05, 0.1) is 6.10 Å². The standard InChI is InChI=1S/C11H14O2/c1-4-5-9-6-10(12)8(3)11(13)7(9)2/h4-5,10-13H,1-3,6H2/b9-5-/t10-,11-/m1/s1. The highest BCUT2D eigenvalue weighted by Gasteiger charge is 2.28. The van der Waals surface area contributed by atoms with Gasteiger partial charge in [-0.3, -0.25) is 0 Å². The van der Waals surface area contributed by atoms with Gasteiger partial charge in [0.2, 0.25) is 0 Å². The van der Waals surface area contributed by atoms with E-state index in [1.165, 1.54) is 0 Å². The van der Waals surface area contributed by atoms with Crippen molar-refractivity contribution in [2.45, 2.75) is 18.6 Å². The number of hydrogen-bond acceptors (Lipinski definition) is 2. The van der Waals surface area contributed by atoms with Crippen molar-refractivity contribution in [3.05, 3.63) is 48.6 Å². The molecule has 2 N–H and O–H groups in total. The van der Waals surface area contributed by atoms with E-state index in [-0.39, 0.29) is 0 Å². The Morgan fingerprint density at radius 2 is 1.92 bits per heavy atom. The van der Waals surface area contributed by atoms with E-state index in [2.05, 4.69) is 19.7 Å². The van der Waals surface area contributed by atoms with Gasteiger partial charge in [-0.25, -0.2) is 0 Å². The summed E-state index contributed by atoms with van der Waals surface area (Å²) in [5.74, 6) is 0. The topological polar surface area (TPSA) is 40.5 Å². The van der Waals surface area contributed by atoms with Crippen LogP contribution in [0.25, 0.3) is 0 Å². The van der Waals surface area contributed by atoms with Gasteiger partial charge in [0, 0.05) is 6.42 Å². The van der Waals surface area contributed by atoms with Crippen molar-refractivity contribution in [1.82, 2.24) is 0 Å². The summed E-state index contributed by atoms with van der Waals surface area (Å²) in [5.41, 5.74) is 1.86. The van der Waals surface area contributed by atoms with Crippen molar-refractivity contribution >= 4 is 0 Å². The lowest BCUT2D eigenvalue weighted by atomic mass is 9.83. The van der Waals surface area contributed by atoms with E-state index >= 15 is 0 Å². The molecule has 1 rings (SSSR count). The molecule has 0 aromatic rings. The summed E-state index contributed by atoms with van der Waals surface area (Å²) in [7, 11) is 0. The second-order valence-electron chi connectivity index (χ2n) is 3.15. The lowest BCUT2D eigenvalue weighted by Gasteiger charge is -2.29. The largest absolute Gasteiger partial charge is 0.388 e. The zero-order chi connectivity index (χ0) is 10.0. The van der Waals surface area contributed by atoms with Crippen LogP contribution in [-0.4, -0.2) is 22.4 Å². The summed E-state index contributed by atoms with van der Waals surface area (Å²) in [4.78, 5) is 0. The quantitative estimate of drug-likeness (QED) is 0.595. The highest BCUT2D eigenvalue weighted by molar-refractivity contribution is 5.44. The third-order valence-corrected chi connectivity index (χ3v) is 2.25. The zero-order valence-electron chi connectivity index (χ0n) is 7.53. The Hall–Kier alpha value is -1.12. The summed E-state index contributed by atoms with van der Waals surface area (Å²) >= 11 is 0. The second-order valence-corrected chi connectivity index (χ2v) is 3.15. The van der Waals surface area contributed by atoms with E-state index in [9.17, 15) is 10.2 Å². The van der Waals surface area contributed by atoms with Crippen molar-refractivity contribution in [2.75, 3.05) is 0 Å². The Bertz CT molecular complexity index is 286. The van der Waals surface area contributed by atoms with Crippen molar-refractivity contribution in [3.63, 3.8) is 0 Å². The Morgan fingerprint density at radius 1 is 1.31 bits per heavy atom. The number of hydrogen-bond donors (Lipinski definition) is 2. The lowest BCUT2D eigenvalue weighted by Crippen LogP contribution is -2.29. The maximum absolute atomic E-state index is 9.58. The molecule has 0 aromatic carbocycles. The molecule has 0 heterocycles. The smallest absolute Gasteiger partial charge is 0.102 e. The van der Waals surface area contributed by atoms with Crippen molar-refractivity contribution < 1.29 is 10.2 Å². The summed E-state index contributed by atoms with van der Waals surface area (Å²) in [6, 6.07) is 0. The molecular formula is C11H14O2. The van der Waals surface area contributed by atoms with Gasteiger partial charge in [-0.2, -0.15) is 0 Å². The van der Waals surface area contributed by atoms with Crippen LogP contribution in [0, 0.1) is 0 Å². The Labute approximate surface area is 78.2 Å². The predicted molar refractivity (Wildman–Crippen MR) is 53.2 cm³/mol. The average Bonchev–Trinajstić information content (AvgIpc) is 2.11. The Morgan fingerprint density at radius 3 is 2.46 bits per heavy atom. The van der Waals surface area contributed by atoms with Crippen LogP contribution in [0.5, 0.6) is 0 Å². The molecule has 1 aliphatic rings. The molecule has 0 unspecified atom stereocenters. The second kappa shape index (κ2) is 3.73. The number of aliphatic hydroxyl groups excluding tert-OH is 2. The summed E-state index contributed by atoms with van der Waals surface area (Å²) in [5, 5.41) is 19.1. The molecule has 0 radical (unpaired) electrons. The maximum Gasteiger partial charge on any atom is 0.102 e. The van der Waals surface area contributed by atoms with Crippen molar-refractivity contribution in [1.29, 1.82) is 0 Å². The molecule has 1 aliphatic carbocycles. The molecule has 0 spiro atoms. The minimum atomic E-state index is -0.824. The lowest BCUT2D eigenvalue weighted by molar-refractivity contribution is 0.148. The Kier molecular flexibility index (Phi) is 2.86. The van der Waals surface area contributed by atoms with E-state index in [0.29, 0.717) is 17.6 Å². The Balaban J connectivity index is 2.95. The van der Waals surface area contributed by atoms with Crippen LogP contribution >= 0.6 is 0 Å². The van der Waals surface area contributed by atoms with Crippen LogP contribution in [0.15, 0.2) is 48.6 Å².